The first kappa shape index (κ1) is 36.8. The van der Waals surface area contributed by atoms with Crippen molar-refractivity contribution in [2.75, 3.05) is 60.1 Å². The van der Waals surface area contributed by atoms with Crippen LogP contribution in [0.3, 0.4) is 0 Å². The van der Waals surface area contributed by atoms with E-state index in [1.807, 2.05) is 0 Å². The summed E-state index contributed by atoms with van der Waals surface area (Å²) in [5.41, 5.74) is 0. The molecule has 0 atom stereocenters. The molecule has 0 spiro atoms. The van der Waals surface area contributed by atoms with Crippen molar-refractivity contribution in [3.63, 3.8) is 0 Å². The fraction of sp³-hybridized carbons (Fsp3) is 0.935. The van der Waals surface area contributed by atoms with Crippen LogP contribution in [0.5, 0.6) is 0 Å². The van der Waals surface area contributed by atoms with E-state index < -0.39 is 5.97 Å². The first-order chi connectivity index (χ1) is 18.5. The first-order valence-corrected chi connectivity index (χ1v) is 15.8. The van der Waals surface area contributed by atoms with Crippen LogP contribution in [0, 0.1) is 0 Å². The standard InChI is InChI=1S/C31H62N2O5/c1-4-5-6-7-8-15-20-27-38-31(36)22-17-12-10-14-19-24-33(26-29-37-28-25-32(2)3)23-18-13-9-11-16-21-30(34)35/h4-29H2,1-3H3,(H,34,35). The van der Waals surface area contributed by atoms with Crippen molar-refractivity contribution in [2.24, 2.45) is 0 Å². The number of likely N-dealkylation sites (N-methyl/N-ethyl adjacent to an activating group) is 1. The van der Waals surface area contributed by atoms with Crippen molar-refractivity contribution in [3.05, 3.63) is 0 Å². The quantitative estimate of drug-likeness (QED) is 0.0779. The average molecular weight is 543 g/mol. The zero-order valence-electron chi connectivity index (χ0n) is 25.4. The summed E-state index contributed by atoms with van der Waals surface area (Å²) in [7, 11) is 4.12. The molecule has 7 heteroatoms. The second-order valence-corrected chi connectivity index (χ2v) is 11.0. The van der Waals surface area contributed by atoms with E-state index in [0.717, 1.165) is 90.8 Å². The van der Waals surface area contributed by atoms with E-state index in [2.05, 4.69) is 30.8 Å². The van der Waals surface area contributed by atoms with Gasteiger partial charge in [0.1, 0.15) is 0 Å². The molecule has 0 aromatic carbocycles. The molecule has 0 unspecified atom stereocenters. The van der Waals surface area contributed by atoms with Gasteiger partial charge in [-0.3, -0.25) is 9.59 Å². The van der Waals surface area contributed by atoms with Crippen LogP contribution in [-0.4, -0.2) is 86.9 Å². The molecule has 0 aliphatic rings. The van der Waals surface area contributed by atoms with E-state index >= 15 is 0 Å². The van der Waals surface area contributed by atoms with E-state index in [-0.39, 0.29) is 12.4 Å². The lowest BCUT2D eigenvalue weighted by atomic mass is 10.1. The monoisotopic (exact) mass is 542 g/mol. The first-order valence-electron chi connectivity index (χ1n) is 15.8. The normalized spacial score (nSPS) is 11.5. The molecule has 0 aromatic heterocycles. The summed E-state index contributed by atoms with van der Waals surface area (Å²) in [4.78, 5) is 27.2. The topological polar surface area (TPSA) is 79.3 Å². The number of rotatable bonds is 30. The lowest BCUT2D eigenvalue weighted by Crippen LogP contribution is -2.30. The predicted octanol–water partition coefficient (Wildman–Crippen LogP) is 6.93. The maximum Gasteiger partial charge on any atom is 0.305 e. The fourth-order valence-corrected chi connectivity index (χ4v) is 4.47. The Morgan fingerprint density at radius 2 is 1.08 bits per heavy atom. The molecule has 0 heterocycles. The minimum atomic E-state index is -0.691. The third kappa shape index (κ3) is 29.4. The Balaban J connectivity index is 3.84. The molecule has 0 bridgehead atoms. The Kier molecular flexibility index (Phi) is 27.9. The van der Waals surface area contributed by atoms with Crippen LogP contribution >= 0.6 is 0 Å². The molecule has 0 aliphatic carbocycles. The molecule has 38 heavy (non-hydrogen) atoms. The van der Waals surface area contributed by atoms with Crippen molar-refractivity contribution >= 4 is 11.9 Å². The number of aliphatic carboxylic acids is 1. The number of carboxylic acid groups (broad SMARTS) is 1. The van der Waals surface area contributed by atoms with Crippen LogP contribution in [0.15, 0.2) is 0 Å². The van der Waals surface area contributed by atoms with E-state index in [1.54, 1.807) is 0 Å². The van der Waals surface area contributed by atoms with Crippen molar-refractivity contribution in [3.8, 4) is 0 Å². The molecular formula is C31H62N2O5. The Morgan fingerprint density at radius 1 is 0.579 bits per heavy atom. The Morgan fingerprint density at radius 3 is 1.66 bits per heavy atom. The van der Waals surface area contributed by atoms with Gasteiger partial charge in [-0.25, -0.2) is 0 Å². The summed E-state index contributed by atoms with van der Waals surface area (Å²) in [6.07, 6.45) is 20.3. The maximum absolute atomic E-state index is 11.9. The summed E-state index contributed by atoms with van der Waals surface area (Å²) in [6, 6.07) is 0. The number of nitrogens with zero attached hydrogens (tertiary/aromatic N) is 2. The van der Waals surface area contributed by atoms with Gasteiger partial charge in [0.25, 0.3) is 0 Å². The van der Waals surface area contributed by atoms with Gasteiger partial charge in [-0.2, -0.15) is 0 Å². The predicted molar refractivity (Wildman–Crippen MR) is 158 cm³/mol. The van der Waals surface area contributed by atoms with Gasteiger partial charge in [-0.05, 0) is 59.3 Å². The smallest absolute Gasteiger partial charge is 0.305 e. The molecule has 226 valence electrons. The molecule has 0 radical (unpaired) electrons. The molecule has 0 saturated heterocycles. The second kappa shape index (κ2) is 28.8. The number of hydrogen-bond donors (Lipinski definition) is 1. The van der Waals surface area contributed by atoms with Crippen LogP contribution in [0.4, 0.5) is 0 Å². The molecule has 1 N–H and O–H groups in total. The highest BCUT2D eigenvalue weighted by Gasteiger charge is 2.07. The highest BCUT2D eigenvalue weighted by atomic mass is 16.5. The lowest BCUT2D eigenvalue weighted by Gasteiger charge is -2.22. The van der Waals surface area contributed by atoms with Crippen LogP contribution in [0.1, 0.15) is 129 Å². The van der Waals surface area contributed by atoms with Crippen molar-refractivity contribution in [2.45, 2.75) is 129 Å². The van der Waals surface area contributed by atoms with E-state index in [0.29, 0.717) is 13.0 Å². The van der Waals surface area contributed by atoms with Gasteiger partial charge in [0.2, 0.25) is 0 Å². The van der Waals surface area contributed by atoms with Crippen molar-refractivity contribution < 1.29 is 24.2 Å². The maximum atomic E-state index is 11.9. The van der Waals surface area contributed by atoms with E-state index in [9.17, 15) is 9.59 Å². The fourth-order valence-electron chi connectivity index (χ4n) is 4.47. The third-order valence-corrected chi connectivity index (χ3v) is 6.97. The van der Waals surface area contributed by atoms with Crippen LogP contribution in [0.25, 0.3) is 0 Å². The molecule has 0 fully saturated rings. The number of ether oxygens (including phenoxy) is 2. The summed E-state index contributed by atoms with van der Waals surface area (Å²) in [5.74, 6) is -0.719. The number of unbranched alkanes of at least 4 members (excludes halogenated alkanes) is 14. The molecule has 7 nitrogen and oxygen atoms in total. The minimum absolute atomic E-state index is 0.0283. The number of carbonyl (C=O) groups is 2. The number of esters is 1. The molecule has 0 rings (SSSR count). The van der Waals surface area contributed by atoms with Gasteiger partial charge in [-0.1, -0.05) is 84.0 Å². The summed E-state index contributed by atoms with van der Waals surface area (Å²) in [6.45, 7) is 8.46. The van der Waals surface area contributed by atoms with Gasteiger partial charge >= 0.3 is 11.9 Å². The molecular weight excluding hydrogens is 480 g/mol. The number of hydrogen-bond acceptors (Lipinski definition) is 6. The SMILES string of the molecule is CCCCCCCCCOC(=O)CCCCCCCN(CCCCCCCC(=O)O)CCOCCN(C)C. The highest BCUT2D eigenvalue weighted by Crippen LogP contribution is 2.11. The van der Waals surface area contributed by atoms with Crippen LogP contribution in [-0.2, 0) is 19.1 Å². The van der Waals surface area contributed by atoms with Crippen LogP contribution < -0.4 is 0 Å². The third-order valence-electron chi connectivity index (χ3n) is 6.97. The molecule has 0 aromatic rings. The van der Waals surface area contributed by atoms with Gasteiger partial charge in [0.15, 0.2) is 0 Å². The molecule has 0 aliphatic heterocycles. The second-order valence-electron chi connectivity index (χ2n) is 11.0. The Labute approximate surface area is 235 Å². The summed E-state index contributed by atoms with van der Waals surface area (Å²) >= 11 is 0. The Bertz CT molecular complexity index is 530. The largest absolute Gasteiger partial charge is 0.481 e. The van der Waals surface area contributed by atoms with Crippen LogP contribution in [0.2, 0.25) is 0 Å². The minimum Gasteiger partial charge on any atom is -0.481 e. The van der Waals surface area contributed by atoms with Gasteiger partial charge < -0.3 is 24.4 Å². The molecule has 0 saturated carbocycles. The van der Waals surface area contributed by atoms with E-state index in [1.165, 1.54) is 57.8 Å². The Hall–Kier alpha value is -1.18. The molecule has 0 amide bonds. The number of carboxylic acids is 1. The zero-order chi connectivity index (χ0) is 28.1. The zero-order valence-corrected chi connectivity index (χ0v) is 25.4. The lowest BCUT2D eigenvalue weighted by molar-refractivity contribution is -0.144. The highest BCUT2D eigenvalue weighted by molar-refractivity contribution is 5.69. The summed E-state index contributed by atoms with van der Waals surface area (Å²) in [5, 5.41) is 8.75. The van der Waals surface area contributed by atoms with E-state index in [4.69, 9.17) is 14.6 Å². The summed E-state index contributed by atoms with van der Waals surface area (Å²) < 4.78 is 11.2. The average Bonchev–Trinajstić information content (AvgIpc) is 2.88. The van der Waals surface area contributed by atoms with Gasteiger partial charge in [0, 0.05) is 25.9 Å². The van der Waals surface area contributed by atoms with Crippen molar-refractivity contribution in [1.82, 2.24) is 9.80 Å². The number of carbonyl (C=O) groups excluding carboxylic acids is 1. The van der Waals surface area contributed by atoms with Gasteiger partial charge in [0.05, 0.1) is 19.8 Å². The van der Waals surface area contributed by atoms with Crippen molar-refractivity contribution in [1.29, 1.82) is 0 Å². The van der Waals surface area contributed by atoms with Gasteiger partial charge in [-0.15, -0.1) is 0 Å².